The molecule has 0 atom stereocenters. The molecule has 1 rings (SSSR count). The van der Waals surface area contributed by atoms with E-state index >= 15 is 0 Å². The standard InChI is InChI=1S/C14H22N2O/c1-2-13(15)4-3-10-16-11-9-12-5-7-14(17)8-6-12/h5-8,15-17H,2-4,9-11H2,1H3. The number of aromatic hydroxyl groups is 1. The van der Waals surface area contributed by atoms with Crippen LogP contribution in [0.5, 0.6) is 5.75 Å². The Morgan fingerprint density at radius 1 is 1.24 bits per heavy atom. The second-order valence-corrected chi connectivity index (χ2v) is 4.23. The number of phenols is 1. The molecule has 0 radical (unpaired) electrons. The molecule has 0 bridgehead atoms. The Morgan fingerprint density at radius 2 is 1.94 bits per heavy atom. The van der Waals surface area contributed by atoms with Crippen molar-refractivity contribution in [1.29, 1.82) is 5.41 Å². The molecule has 0 aliphatic heterocycles. The molecule has 3 N–H and O–H groups in total. The first-order valence-corrected chi connectivity index (χ1v) is 6.27. The van der Waals surface area contributed by atoms with Crippen LogP contribution >= 0.6 is 0 Å². The summed E-state index contributed by atoms with van der Waals surface area (Å²) in [4.78, 5) is 0. The summed E-state index contributed by atoms with van der Waals surface area (Å²) in [7, 11) is 0. The Labute approximate surface area is 103 Å². The van der Waals surface area contributed by atoms with Gasteiger partial charge in [0, 0.05) is 5.71 Å². The van der Waals surface area contributed by atoms with Gasteiger partial charge in [0.1, 0.15) is 5.75 Å². The van der Waals surface area contributed by atoms with Crippen LogP contribution in [0.15, 0.2) is 24.3 Å². The number of rotatable bonds is 8. The van der Waals surface area contributed by atoms with E-state index in [2.05, 4.69) is 5.32 Å². The molecule has 0 heterocycles. The molecular formula is C14H22N2O. The minimum Gasteiger partial charge on any atom is -0.508 e. The van der Waals surface area contributed by atoms with Crippen LogP contribution in [0.4, 0.5) is 0 Å². The largest absolute Gasteiger partial charge is 0.508 e. The van der Waals surface area contributed by atoms with Gasteiger partial charge in [0.15, 0.2) is 0 Å². The summed E-state index contributed by atoms with van der Waals surface area (Å²) in [6.45, 7) is 3.95. The summed E-state index contributed by atoms with van der Waals surface area (Å²) in [6.07, 6.45) is 3.80. The molecule has 1 aromatic rings. The molecule has 3 heteroatoms. The molecule has 0 unspecified atom stereocenters. The number of phenolic OH excluding ortho intramolecular Hbond substituents is 1. The van der Waals surface area contributed by atoms with Crippen LogP contribution in [0.2, 0.25) is 0 Å². The second kappa shape index (κ2) is 7.85. The van der Waals surface area contributed by atoms with E-state index in [1.165, 1.54) is 5.56 Å². The lowest BCUT2D eigenvalue weighted by molar-refractivity contribution is 0.475. The zero-order valence-corrected chi connectivity index (χ0v) is 10.5. The molecule has 0 fully saturated rings. The SMILES string of the molecule is CCC(=N)CCCNCCc1ccc(O)cc1. The third-order valence-electron chi connectivity index (χ3n) is 2.79. The molecule has 0 spiro atoms. The van der Waals surface area contributed by atoms with Crippen molar-refractivity contribution in [2.45, 2.75) is 32.6 Å². The van der Waals surface area contributed by atoms with E-state index in [1.54, 1.807) is 12.1 Å². The van der Waals surface area contributed by atoms with Gasteiger partial charge in [-0.05, 0) is 56.5 Å². The van der Waals surface area contributed by atoms with E-state index in [1.807, 2.05) is 19.1 Å². The van der Waals surface area contributed by atoms with E-state index in [4.69, 9.17) is 10.5 Å². The average Bonchev–Trinajstić information content (AvgIpc) is 2.35. The Bertz CT molecular complexity index is 333. The van der Waals surface area contributed by atoms with Crippen LogP contribution in [-0.4, -0.2) is 23.9 Å². The van der Waals surface area contributed by atoms with Crippen molar-refractivity contribution in [2.24, 2.45) is 0 Å². The lowest BCUT2D eigenvalue weighted by Gasteiger charge is -2.05. The molecular weight excluding hydrogens is 212 g/mol. The van der Waals surface area contributed by atoms with Crippen molar-refractivity contribution >= 4 is 5.71 Å². The maximum absolute atomic E-state index is 9.14. The highest BCUT2D eigenvalue weighted by atomic mass is 16.3. The Kier molecular flexibility index (Phi) is 6.33. The fourth-order valence-corrected chi connectivity index (χ4v) is 1.62. The zero-order chi connectivity index (χ0) is 12.5. The van der Waals surface area contributed by atoms with Gasteiger partial charge in [0.2, 0.25) is 0 Å². The van der Waals surface area contributed by atoms with Gasteiger partial charge in [-0.3, -0.25) is 0 Å². The van der Waals surface area contributed by atoms with Gasteiger partial charge in [0.25, 0.3) is 0 Å². The van der Waals surface area contributed by atoms with Crippen molar-refractivity contribution in [1.82, 2.24) is 5.32 Å². The van der Waals surface area contributed by atoms with Crippen LogP contribution in [0, 0.1) is 5.41 Å². The molecule has 0 aliphatic rings. The summed E-state index contributed by atoms with van der Waals surface area (Å²) in [5.41, 5.74) is 2.07. The summed E-state index contributed by atoms with van der Waals surface area (Å²) in [6, 6.07) is 7.34. The van der Waals surface area contributed by atoms with Gasteiger partial charge in [-0.25, -0.2) is 0 Å². The van der Waals surface area contributed by atoms with E-state index < -0.39 is 0 Å². The van der Waals surface area contributed by atoms with Crippen molar-refractivity contribution in [2.75, 3.05) is 13.1 Å². The van der Waals surface area contributed by atoms with Gasteiger partial charge in [-0.1, -0.05) is 19.1 Å². The Balaban J connectivity index is 2.04. The molecule has 3 nitrogen and oxygen atoms in total. The second-order valence-electron chi connectivity index (χ2n) is 4.23. The Morgan fingerprint density at radius 3 is 2.59 bits per heavy atom. The highest BCUT2D eigenvalue weighted by Crippen LogP contribution is 2.09. The molecule has 17 heavy (non-hydrogen) atoms. The summed E-state index contributed by atoms with van der Waals surface area (Å²) < 4.78 is 0. The van der Waals surface area contributed by atoms with Crippen molar-refractivity contribution < 1.29 is 5.11 Å². The summed E-state index contributed by atoms with van der Waals surface area (Å²) in [5, 5.41) is 20.0. The number of nitrogens with one attached hydrogen (secondary N) is 2. The maximum atomic E-state index is 9.14. The molecule has 94 valence electrons. The molecule has 0 aliphatic carbocycles. The van der Waals surface area contributed by atoms with E-state index in [0.29, 0.717) is 5.75 Å². The number of benzene rings is 1. The quantitative estimate of drug-likeness (QED) is 0.478. The van der Waals surface area contributed by atoms with Gasteiger partial charge >= 0.3 is 0 Å². The normalized spacial score (nSPS) is 10.4. The lowest BCUT2D eigenvalue weighted by Crippen LogP contribution is -2.19. The highest BCUT2D eigenvalue weighted by Gasteiger charge is 1.95. The number of hydrogen-bond acceptors (Lipinski definition) is 3. The molecule has 0 amide bonds. The van der Waals surface area contributed by atoms with E-state index in [-0.39, 0.29) is 0 Å². The third-order valence-corrected chi connectivity index (χ3v) is 2.79. The highest BCUT2D eigenvalue weighted by molar-refractivity contribution is 5.80. The van der Waals surface area contributed by atoms with E-state index in [0.717, 1.165) is 44.5 Å². The van der Waals surface area contributed by atoms with Gasteiger partial charge < -0.3 is 15.8 Å². The van der Waals surface area contributed by atoms with Gasteiger partial charge in [-0.2, -0.15) is 0 Å². The first kappa shape index (κ1) is 13.7. The van der Waals surface area contributed by atoms with Crippen LogP contribution in [0.1, 0.15) is 31.7 Å². The van der Waals surface area contributed by atoms with Crippen molar-refractivity contribution in [3.05, 3.63) is 29.8 Å². The zero-order valence-electron chi connectivity index (χ0n) is 10.5. The van der Waals surface area contributed by atoms with Crippen LogP contribution in [-0.2, 0) is 6.42 Å². The summed E-state index contributed by atoms with van der Waals surface area (Å²) >= 11 is 0. The van der Waals surface area contributed by atoms with Gasteiger partial charge in [-0.15, -0.1) is 0 Å². The lowest BCUT2D eigenvalue weighted by atomic mass is 10.1. The molecule has 0 saturated carbocycles. The monoisotopic (exact) mass is 234 g/mol. The van der Waals surface area contributed by atoms with Crippen LogP contribution < -0.4 is 5.32 Å². The fraction of sp³-hybridized carbons (Fsp3) is 0.500. The average molecular weight is 234 g/mol. The number of hydrogen-bond donors (Lipinski definition) is 3. The third kappa shape index (κ3) is 6.07. The van der Waals surface area contributed by atoms with Gasteiger partial charge in [0.05, 0.1) is 0 Å². The topological polar surface area (TPSA) is 56.1 Å². The smallest absolute Gasteiger partial charge is 0.115 e. The fourth-order valence-electron chi connectivity index (χ4n) is 1.62. The minimum absolute atomic E-state index is 0.319. The van der Waals surface area contributed by atoms with Crippen molar-refractivity contribution in [3.8, 4) is 5.75 Å². The predicted molar refractivity (Wildman–Crippen MR) is 71.9 cm³/mol. The first-order chi connectivity index (χ1) is 8.22. The minimum atomic E-state index is 0.319. The van der Waals surface area contributed by atoms with Crippen LogP contribution in [0.3, 0.4) is 0 Å². The van der Waals surface area contributed by atoms with E-state index in [9.17, 15) is 0 Å². The predicted octanol–water partition coefficient (Wildman–Crippen LogP) is 2.73. The molecule has 0 saturated heterocycles. The maximum Gasteiger partial charge on any atom is 0.115 e. The summed E-state index contributed by atoms with van der Waals surface area (Å²) in [5.74, 6) is 0.319. The Hall–Kier alpha value is -1.35. The molecule has 0 aromatic heterocycles. The van der Waals surface area contributed by atoms with Crippen molar-refractivity contribution in [3.63, 3.8) is 0 Å². The van der Waals surface area contributed by atoms with Crippen LogP contribution in [0.25, 0.3) is 0 Å². The molecule has 1 aromatic carbocycles. The first-order valence-electron chi connectivity index (χ1n) is 6.27.